The summed E-state index contributed by atoms with van der Waals surface area (Å²) in [5.41, 5.74) is 1.08. The van der Waals surface area contributed by atoms with Gasteiger partial charge in [-0.25, -0.2) is 0 Å². The van der Waals surface area contributed by atoms with E-state index in [4.69, 9.17) is 9.84 Å². The monoisotopic (exact) mass is 341 g/mol. The fourth-order valence-electron chi connectivity index (χ4n) is 2.74. The van der Waals surface area contributed by atoms with Crippen LogP contribution in [0.25, 0.3) is 0 Å². The first-order chi connectivity index (χ1) is 9.60. The Kier molecular flexibility index (Phi) is 5.43. The minimum absolute atomic E-state index is 0.203. The summed E-state index contributed by atoms with van der Waals surface area (Å²) in [5, 5.41) is 12.6. The lowest BCUT2D eigenvalue weighted by molar-refractivity contribution is -0.143. The molecule has 1 aromatic rings. The maximum atomic E-state index is 11.1. The van der Waals surface area contributed by atoms with E-state index in [1.54, 1.807) is 7.11 Å². The second kappa shape index (κ2) is 7.09. The van der Waals surface area contributed by atoms with E-state index < -0.39 is 5.97 Å². The number of rotatable bonds is 5. The molecule has 1 aliphatic rings. The summed E-state index contributed by atoms with van der Waals surface area (Å²) in [6, 6.07) is 6.18. The van der Waals surface area contributed by atoms with Gasteiger partial charge < -0.3 is 15.2 Å². The largest absolute Gasteiger partial charge is 0.496 e. The average molecular weight is 342 g/mol. The van der Waals surface area contributed by atoms with Crippen LogP contribution >= 0.6 is 15.9 Å². The highest BCUT2D eigenvalue weighted by Crippen LogP contribution is 2.26. The van der Waals surface area contributed by atoms with Crippen molar-refractivity contribution in [2.75, 3.05) is 7.11 Å². The molecule has 0 amide bonds. The molecule has 2 unspecified atom stereocenters. The summed E-state index contributed by atoms with van der Waals surface area (Å²) >= 11 is 3.46. The third-order valence-corrected chi connectivity index (χ3v) is 4.34. The van der Waals surface area contributed by atoms with Crippen LogP contribution in [0.2, 0.25) is 0 Å². The van der Waals surface area contributed by atoms with Crippen molar-refractivity contribution >= 4 is 21.9 Å². The van der Waals surface area contributed by atoms with Gasteiger partial charge in [0.1, 0.15) is 5.75 Å². The van der Waals surface area contributed by atoms with Gasteiger partial charge in [-0.05, 0) is 37.5 Å². The molecule has 0 spiro atoms. The van der Waals surface area contributed by atoms with Crippen LogP contribution in [0.4, 0.5) is 0 Å². The van der Waals surface area contributed by atoms with Crippen LogP contribution in [-0.4, -0.2) is 24.2 Å². The van der Waals surface area contributed by atoms with E-state index in [-0.39, 0.29) is 12.0 Å². The molecule has 0 aliphatic heterocycles. The van der Waals surface area contributed by atoms with Crippen molar-refractivity contribution in [3.05, 3.63) is 28.2 Å². The molecule has 2 atom stereocenters. The molecule has 5 heteroatoms. The summed E-state index contributed by atoms with van der Waals surface area (Å²) in [7, 11) is 1.66. The standard InChI is InChI=1S/C15H20BrNO3/c1-20-14-6-5-12(16)7-11(14)9-17-13-4-2-3-10(8-13)15(18)19/h5-7,10,13,17H,2-4,8-9H2,1H3,(H,18,19). The highest BCUT2D eigenvalue weighted by atomic mass is 79.9. The molecule has 0 heterocycles. The number of ether oxygens (including phenoxy) is 1. The first-order valence-electron chi connectivity index (χ1n) is 6.88. The molecular formula is C15H20BrNO3. The lowest BCUT2D eigenvalue weighted by atomic mass is 9.86. The Balaban J connectivity index is 1.95. The van der Waals surface area contributed by atoms with Crippen molar-refractivity contribution in [1.82, 2.24) is 5.32 Å². The van der Waals surface area contributed by atoms with Crippen LogP contribution in [0.1, 0.15) is 31.2 Å². The number of carboxylic acid groups (broad SMARTS) is 1. The van der Waals surface area contributed by atoms with Crippen molar-refractivity contribution in [3.63, 3.8) is 0 Å². The Bertz CT molecular complexity index is 478. The van der Waals surface area contributed by atoms with Crippen LogP contribution in [-0.2, 0) is 11.3 Å². The second-order valence-corrected chi connectivity index (χ2v) is 6.15. The predicted molar refractivity (Wildman–Crippen MR) is 80.9 cm³/mol. The van der Waals surface area contributed by atoms with Gasteiger partial charge in [0.15, 0.2) is 0 Å². The van der Waals surface area contributed by atoms with Crippen molar-refractivity contribution in [2.45, 2.75) is 38.3 Å². The molecule has 110 valence electrons. The minimum Gasteiger partial charge on any atom is -0.496 e. The van der Waals surface area contributed by atoms with Gasteiger partial charge in [-0.3, -0.25) is 4.79 Å². The summed E-state index contributed by atoms with van der Waals surface area (Å²) in [6.07, 6.45) is 3.53. The van der Waals surface area contributed by atoms with Gasteiger partial charge in [-0.15, -0.1) is 0 Å². The minimum atomic E-state index is -0.670. The number of methoxy groups -OCH3 is 1. The highest BCUT2D eigenvalue weighted by molar-refractivity contribution is 9.10. The number of hydrogen-bond acceptors (Lipinski definition) is 3. The van der Waals surface area contributed by atoms with Gasteiger partial charge in [-0.2, -0.15) is 0 Å². The smallest absolute Gasteiger partial charge is 0.306 e. The topological polar surface area (TPSA) is 58.6 Å². The van der Waals surface area contributed by atoms with Gasteiger partial charge in [0.25, 0.3) is 0 Å². The number of aliphatic carboxylic acids is 1. The number of benzene rings is 1. The maximum Gasteiger partial charge on any atom is 0.306 e. The Morgan fingerprint density at radius 3 is 3.00 bits per heavy atom. The third-order valence-electron chi connectivity index (χ3n) is 3.85. The first-order valence-corrected chi connectivity index (χ1v) is 7.68. The summed E-state index contributed by atoms with van der Waals surface area (Å²) in [6.45, 7) is 0.694. The normalized spacial score (nSPS) is 22.5. The number of nitrogens with one attached hydrogen (secondary N) is 1. The molecular weight excluding hydrogens is 322 g/mol. The number of halogens is 1. The fraction of sp³-hybridized carbons (Fsp3) is 0.533. The zero-order valence-corrected chi connectivity index (χ0v) is 13.1. The van der Waals surface area contributed by atoms with Crippen LogP contribution in [0.5, 0.6) is 5.75 Å². The van der Waals surface area contributed by atoms with Crippen LogP contribution < -0.4 is 10.1 Å². The van der Waals surface area contributed by atoms with Crippen LogP contribution in [0.15, 0.2) is 22.7 Å². The number of carboxylic acids is 1. The van der Waals surface area contributed by atoms with E-state index in [0.29, 0.717) is 13.0 Å². The van der Waals surface area contributed by atoms with E-state index in [0.717, 1.165) is 35.0 Å². The Morgan fingerprint density at radius 1 is 1.50 bits per heavy atom. The van der Waals surface area contributed by atoms with Gasteiger partial charge in [0, 0.05) is 22.6 Å². The molecule has 2 rings (SSSR count). The molecule has 1 saturated carbocycles. The van der Waals surface area contributed by atoms with Gasteiger partial charge in [0.05, 0.1) is 13.0 Å². The Labute approximate surface area is 127 Å². The number of hydrogen-bond donors (Lipinski definition) is 2. The van der Waals surface area contributed by atoms with E-state index in [1.807, 2.05) is 18.2 Å². The molecule has 0 saturated heterocycles. The van der Waals surface area contributed by atoms with Crippen molar-refractivity contribution < 1.29 is 14.6 Å². The first kappa shape index (κ1) is 15.3. The van der Waals surface area contributed by atoms with E-state index >= 15 is 0 Å². The maximum absolute atomic E-state index is 11.1. The summed E-state index contributed by atoms with van der Waals surface area (Å²) in [5.74, 6) is -0.0199. The molecule has 2 N–H and O–H groups in total. The lowest BCUT2D eigenvalue weighted by Gasteiger charge is -2.27. The molecule has 1 fully saturated rings. The van der Waals surface area contributed by atoms with Crippen LogP contribution in [0.3, 0.4) is 0 Å². The molecule has 4 nitrogen and oxygen atoms in total. The van der Waals surface area contributed by atoms with E-state index in [2.05, 4.69) is 21.2 Å². The molecule has 0 radical (unpaired) electrons. The Hall–Kier alpha value is -1.07. The summed E-state index contributed by atoms with van der Waals surface area (Å²) < 4.78 is 6.36. The van der Waals surface area contributed by atoms with Crippen molar-refractivity contribution in [1.29, 1.82) is 0 Å². The Morgan fingerprint density at radius 2 is 2.30 bits per heavy atom. The highest BCUT2D eigenvalue weighted by Gasteiger charge is 2.26. The SMILES string of the molecule is COc1ccc(Br)cc1CNC1CCCC(C(=O)O)C1. The molecule has 1 aliphatic carbocycles. The van der Waals surface area contributed by atoms with Crippen molar-refractivity contribution in [2.24, 2.45) is 5.92 Å². The second-order valence-electron chi connectivity index (χ2n) is 5.24. The number of carbonyl (C=O) groups is 1. The molecule has 1 aromatic carbocycles. The van der Waals surface area contributed by atoms with E-state index in [1.165, 1.54) is 0 Å². The fourth-order valence-corrected chi connectivity index (χ4v) is 3.15. The van der Waals surface area contributed by atoms with Gasteiger partial charge in [0.2, 0.25) is 0 Å². The van der Waals surface area contributed by atoms with Crippen molar-refractivity contribution in [3.8, 4) is 5.75 Å². The quantitative estimate of drug-likeness (QED) is 0.863. The van der Waals surface area contributed by atoms with Gasteiger partial charge in [-0.1, -0.05) is 22.4 Å². The zero-order valence-electron chi connectivity index (χ0n) is 11.6. The van der Waals surface area contributed by atoms with E-state index in [9.17, 15) is 4.79 Å². The zero-order chi connectivity index (χ0) is 14.5. The average Bonchev–Trinajstić information content (AvgIpc) is 2.45. The molecule has 20 heavy (non-hydrogen) atoms. The predicted octanol–water partition coefficient (Wildman–Crippen LogP) is 3.19. The summed E-state index contributed by atoms with van der Waals surface area (Å²) in [4.78, 5) is 11.1. The third kappa shape index (κ3) is 3.96. The van der Waals surface area contributed by atoms with Gasteiger partial charge >= 0.3 is 5.97 Å². The lowest BCUT2D eigenvalue weighted by Crippen LogP contribution is -2.36. The molecule has 0 bridgehead atoms. The molecule has 0 aromatic heterocycles. The van der Waals surface area contributed by atoms with Crippen LogP contribution in [0, 0.1) is 5.92 Å².